The van der Waals surface area contributed by atoms with Crippen molar-refractivity contribution in [1.82, 2.24) is 0 Å². The maximum Gasteiger partial charge on any atom is 0.341 e. The van der Waals surface area contributed by atoms with E-state index in [9.17, 15) is 9.59 Å². The van der Waals surface area contributed by atoms with Crippen molar-refractivity contribution in [2.24, 2.45) is 0 Å². The number of rotatable bonds is 6. The van der Waals surface area contributed by atoms with Crippen molar-refractivity contribution in [1.29, 1.82) is 0 Å². The molecule has 0 aliphatic rings. The number of hydrogen-bond donors (Lipinski definition) is 1. The number of carbonyl (C=O) groups excluding carboxylic acids is 1. The quantitative estimate of drug-likeness (QED) is 0.450. The minimum absolute atomic E-state index is 0.0670. The summed E-state index contributed by atoms with van der Waals surface area (Å²) >= 11 is 2.19. The smallest absolute Gasteiger partial charge is 0.341 e. The van der Waals surface area contributed by atoms with Crippen molar-refractivity contribution in [3.63, 3.8) is 0 Å². The summed E-state index contributed by atoms with van der Waals surface area (Å²) in [6.45, 7) is -0.375. The van der Waals surface area contributed by atoms with Crippen molar-refractivity contribution in [3.8, 4) is 5.75 Å². The molecule has 0 unspecified atom stereocenters. The first-order chi connectivity index (χ1) is 10.5. The molecule has 0 spiro atoms. The van der Waals surface area contributed by atoms with E-state index in [2.05, 4.69) is 22.6 Å². The third-order valence-electron chi connectivity index (χ3n) is 2.80. The van der Waals surface area contributed by atoms with Gasteiger partial charge in [0.05, 0.1) is 0 Å². The lowest BCUT2D eigenvalue weighted by molar-refractivity contribution is -0.139. The highest BCUT2D eigenvalue weighted by molar-refractivity contribution is 14.1. The average Bonchev–Trinajstić information content (AvgIpc) is 2.52. The van der Waals surface area contributed by atoms with Gasteiger partial charge in [0.15, 0.2) is 12.4 Å². The molecule has 1 N–H and O–H groups in total. The molecule has 0 radical (unpaired) electrons. The predicted octanol–water partition coefficient (Wildman–Crippen LogP) is 3.65. The molecule has 0 heterocycles. The van der Waals surface area contributed by atoms with Gasteiger partial charge in [-0.2, -0.15) is 0 Å². The summed E-state index contributed by atoms with van der Waals surface area (Å²) in [6, 6.07) is 14.2. The van der Waals surface area contributed by atoms with E-state index < -0.39 is 5.97 Å². The molecule has 0 aliphatic heterocycles. The van der Waals surface area contributed by atoms with Gasteiger partial charge in [0, 0.05) is 9.13 Å². The van der Waals surface area contributed by atoms with Gasteiger partial charge in [0.2, 0.25) is 0 Å². The Kier molecular flexibility index (Phi) is 5.71. The van der Waals surface area contributed by atoms with E-state index in [0.717, 1.165) is 9.13 Å². The highest BCUT2D eigenvalue weighted by Crippen LogP contribution is 2.14. The van der Waals surface area contributed by atoms with Crippen LogP contribution in [-0.4, -0.2) is 23.5 Å². The monoisotopic (exact) mass is 408 g/mol. The second kappa shape index (κ2) is 7.74. The zero-order valence-corrected chi connectivity index (χ0v) is 13.7. The van der Waals surface area contributed by atoms with E-state index in [1.165, 1.54) is 6.08 Å². The molecule has 0 bridgehead atoms. The van der Waals surface area contributed by atoms with Gasteiger partial charge in [0.25, 0.3) is 0 Å². The van der Waals surface area contributed by atoms with Crippen LogP contribution in [0.3, 0.4) is 0 Å². The molecule has 2 rings (SSSR count). The van der Waals surface area contributed by atoms with Crippen LogP contribution in [0.1, 0.15) is 15.9 Å². The van der Waals surface area contributed by atoms with E-state index in [-0.39, 0.29) is 12.4 Å². The van der Waals surface area contributed by atoms with Gasteiger partial charge in [-0.1, -0.05) is 30.3 Å². The van der Waals surface area contributed by atoms with E-state index in [1.807, 2.05) is 12.1 Å². The molecule has 0 aliphatic carbocycles. The van der Waals surface area contributed by atoms with Gasteiger partial charge in [-0.15, -0.1) is 0 Å². The van der Waals surface area contributed by atoms with Gasteiger partial charge >= 0.3 is 5.97 Å². The number of aliphatic carboxylic acids is 1. The number of allylic oxidation sites excluding steroid dienone is 1. The Morgan fingerprint density at radius 1 is 1.05 bits per heavy atom. The molecule has 22 heavy (non-hydrogen) atoms. The fraction of sp³-hybridized carbons (Fsp3) is 0.0588. The Morgan fingerprint density at radius 3 is 2.27 bits per heavy atom. The molecule has 5 heteroatoms. The normalized spacial score (nSPS) is 10.6. The Labute approximate surface area is 141 Å². The molecule has 0 saturated carbocycles. The number of hydrogen-bond acceptors (Lipinski definition) is 3. The number of halogens is 1. The molecule has 0 aromatic heterocycles. The molecule has 0 amide bonds. The number of ether oxygens (including phenoxy) is 1. The number of carboxylic acid groups (broad SMARTS) is 1. The predicted molar refractivity (Wildman–Crippen MR) is 92.1 cm³/mol. The van der Waals surface area contributed by atoms with Gasteiger partial charge in [0.1, 0.15) is 5.75 Å². The first kappa shape index (κ1) is 16.2. The van der Waals surface area contributed by atoms with E-state index in [1.54, 1.807) is 42.5 Å². The maximum absolute atomic E-state index is 12.0. The van der Waals surface area contributed by atoms with Gasteiger partial charge in [-0.3, -0.25) is 4.79 Å². The summed E-state index contributed by atoms with van der Waals surface area (Å²) in [5, 5.41) is 8.53. The average molecular weight is 408 g/mol. The largest absolute Gasteiger partial charge is 0.482 e. The van der Waals surface area contributed by atoms with E-state index in [4.69, 9.17) is 9.84 Å². The van der Waals surface area contributed by atoms with E-state index >= 15 is 0 Å². The Bertz CT molecular complexity index is 688. The standard InChI is InChI=1S/C17H13IO4/c18-14-6-4-13(5-7-14)16(19)10-3-12-1-8-15(9-2-12)22-11-17(20)21/h1-10H,11H2,(H,20,21)/b10-3+. The van der Waals surface area contributed by atoms with Gasteiger partial charge in [-0.25, -0.2) is 4.79 Å². The SMILES string of the molecule is O=C(O)COc1ccc(/C=C/C(=O)c2ccc(I)cc2)cc1. The minimum atomic E-state index is -1.02. The fourth-order valence-corrected chi connectivity index (χ4v) is 2.06. The molecular weight excluding hydrogens is 395 g/mol. The van der Waals surface area contributed by atoms with Crippen molar-refractivity contribution < 1.29 is 19.4 Å². The molecular formula is C17H13IO4. The third-order valence-corrected chi connectivity index (χ3v) is 3.52. The molecule has 0 atom stereocenters. The third kappa shape index (κ3) is 5.00. The van der Waals surface area contributed by atoms with Crippen LogP contribution >= 0.6 is 22.6 Å². The fourth-order valence-electron chi connectivity index (χ4n) is 1.70. The molecule has 4 nitrogen and oxygen atoms in total. The Hall–Kier alpha value is -2.15. The lowest BCUT2D eigenvalue weighted by Gasteiger charge is -2.02. The summed E-state index contributed by atoms with van der Waals surface area (Å²) in [4.78, 5) is 22.4. The van der Waals surface area contributed by atoms with Gasteiger partial charge < -0.3 is 9.84 Å². The summed E-state index contributed by atoms with van der Waals surface area (Å²) in [5.74, 6) is -0.613. The van der Waals surface area contributed by atoms with Crippen LogP contribution in [0, 0.1) is 3.57 Å². The summed E-state index contributed by atoms with van der Waals surface area (Å²) in [5.41, 5.74) is 1.47. The van der Waals surface area contributed by atoms with Crippen LogP contribution in [0.25, 0.3) is 6.08 Å². The second-order valence-electron chi connectivity index (χ2n) is 4.46. The molecule has 112 valence electrons. The van der Waals surface area contributed by atoms with E-state index in [0.29, 0.717) is 11.3 Å². The van der Waals surface area contributed by atoms with Crippen LogP contribution in [0.15, 0.2) is 54.6 Å². The highest BCUT2D eigenvalue weighted by atomic mass is 127. The number of carboxylic acids is 1. The van der Waals surface area contributed by atoms with Crippen molar-refractivity contribution in [3.05, 3.63) is 69.3 Å². The Morgan fingerprint density at radius 2 is 1.68 bits per heavy atom. The van der Waals surface area contributed by atoms with Gasteiger partial charge in [-0.05, 0) is 58.5 Å². The first-order valence-corrected chi connectivity index (χ1v) is 7.55. The van der Waals surface area contributed by atoms with Crippen LogP contribution < -0.4 is 4.74 Å². The zero-order valence-electron chi connectivity index (χ0n) is 11.5. The lowest BCUT2D eigenvalue weighted by Crippen LogP contribution is -2.09. The van der Waals surface area contributed by atoms with Crippen molar-refractivity contribution in [2.75, 3.05) is 6.61 Å². The zero-order chi connectivity index (χ0) is 15.9. The summed E-state index contributed by atoms with van der Waals surface area (Å²) in [6.07, 6.45) is 3.22. The highest BCUT2D eigenvalue weighted by Gasteiger charge is 2.01. The molecule has 2 aromatic carbocycles. The van der Waals surface area contributed by atoms with Crippen molar-refractivity contribution >= 4 is 40.4 Å². The first-order valence-electron chi connectivity index (χ1n) is 6.47. The summed E-state index contributed by atoms with van der Waals surface area (Å²) in [7, 11) is 0. The van der Waals surface area contributed by atoms with Crippen LogP contribution in [0.4, 0.5) is 0 Å². The summed E-state index contributed by atoms with van der Waals surface area (Å²) < 4.78 is 6.12. The molecule has 2 aromatic rings. The Balaban J connectivity index is 1.99. The number of benzene rings is 2. The lowest BCUT2D eigenvalue weighted by atomic mass is 10.1. The maximum atomic E-state index is 12.0. The van der Waals surface area contributed by atoms with Crippen LogP contribution in [0.5, 0.6) is 5.75 Å². The topological polar surface area (TPSA) is 63.6 Å². The number of carbonyl (C=O) groups is 2. The van der Waals surface area contributed by atoms with Crippen LogP contribution in [0.2, 0.25) is 0 Å². The second-order valence-corrected chi connectivity index (χ2v) is 5.70. The minimum Gasteiger partial charge on any atom is -0.482 e. The van der Waals surface area contributed by atoms with Crippen molar-refractivity contribution in [2.45, 2.75) is 0 Å². The number of ketones is 1. The molecule has 0 fully saturated rings. The molecule has 0 saturated heterocycles. The van der Waals surface area contributed by atoms with Crippen LogP contribution in [-0.2, 0) is 4.79 Å².